The van der Waals surface area contributed by atoms with Gasteiger partial charge in [-0.1, -0.05) is 36.4 Å². The first kappa shape index (κ1) is 9.44. The van der Waals surface area contributed by atoms with Crippen LogP contribution < -0.4 is 0 Å². The summed E-state index contributed by atoms with van der Waals surface area (Å²) in [5, 5.41) is 11.9. The predicted molar refractivity (Wildman–Crippen MR) is 59.4 cm³/mol. The third-order valence-electron chi connectivity index (χ3n) is 2.14. The Hall–Kier alpha value is -1.12. The van der Waals surface area contributed by atoms with Crippen LogP contribution in [0, 0.1) is 0 Å². The molecule has 1 heterocycles. The Bertz CT molecular complexity index is 366. The van der Waals surface area contributed by atoms with E-state index in [0.717, 1.165) is 4.88 Å². The Morgan fingerprint density at radius 2 is 1.86 bits per heavy atom. The molecule has 1 nitrogen and oxygen atoms in total. The summed E-state index contributed by atoms with van der Waals surface area (Å²) >= 11 is 1.60. The summed E-state index contributed by atoms with van der Waals surface area (Å²) in [5.41, 5.74) is 1.17. The fourth-order valence-electron chi connectivity index (χ4n) is 1.42. The Labute approximate surface area is 87.7 Å². The summed E-state index contributed by atoms with van der Waals surface area (Å²) in [6.45, 7) is 0. The van der Waals surface area contributed by atoms with E-state index in [-0.39, 0.29) is 6.10 Å². The van der Waals surface area contributed by atoms with E-state index in [4.69, 9.17) is 0 Å². The van der Waals surface area contributed by atoms with E-state index >= 15 is 0 Å². The maximum Gasteiger partial charge on any atom is 0.0922 e. The molecule has 0 saturated carbocycles. The highest BCUT2D eigenvalue weighted by Crippen LogP contribution is 2.22. The molecule has 1 N–H and O–H groups in total. The van der Waals surface area contributed by atoms with Gasteiger partial charge in [0.15, 0.2) is 0 Å². The van der Waals surface area contributed by atoms with Crippen LogP contribution in [0.25, 0.3) is 0 Å². The Morgan fingerprint density at radius 3 is 2.50 bits per heavy atom. The number of rotatable bonds is 3. The van der Waals surface area contributed by atoms with Gasteiger partial charge in [0, 0.05) is 11.3 Å². The van der Waals surface area contributed by atoms with Gasteiger partial charge in [0.1, 0.15) is 0 Å². The summed E-state index contributed by atoms with van der Waals surface area (Å²) in [4.78, 5) is 1.04. The summed E-state index contributed by atoms with van der Waals surface area (Å²) in [5.74, 6) is 0. The molecule has 0 saturated heterocycles. The maximum absolute atomic E-state index is 9.87. The van der Waals surface area contributed by atoms with Crippen molar-refractivity contribution in [2.75, 3.05) is 0 Å². The van der Waals surface area contributed by atoms with Crippen molar-refractivity contribution in [3.63, 3.8) is 0 Å². The second kappa shape index (κ2) is 4.40. The van der Waals surface area contributed by atoms with Crippen LogP contribution in [0.2, 0.25) is 0 Å². The lowest BCUT2D eigenvalue weighted by Gasteiger charge is -2.07. The summed E-state index contributed by atoms with van der Waals surface area (Å²) in [7, 11) is 0. The highest BCUT2D eigenvalue weighted by molar-refractivity contribution is 7.10. The lowest BCUT2D eigenvalue weighted by Crippen LogP contribution is -1.98. The minimum atomic E-state index is -0.364. The van der Waals surface area contributed by atoms with Crippen LogP contribution in [-0.4, -0.2) is 5.11 Å². The van der Waals surface area contributed by atoms with Gasteiger partial charge in [-0.15, -0.1) is 11.3 Å². The molecule has 0 bridgehead atoms. The Morgan fingerprint density at radius 1 is 1.07 bits per heavy atom. The molecule has 2 aromatic rings. The number of thiophene rings is 1. The fourth-order valence-corrected chi connectivity index (χ4v) is 2.13. The van der Waals surface area contributed by atoms with Gasteiger partial charge in [0.2, 0.25) is 0 Å². The molecule has 1 atom stereocenters. The van der Waals surface area contributed by atoms with E-state index in [0.29, 0.717) is 6.42 Å². The van der Waals surface area contributed by atoms with Crippen molar-refractivity contribution in [2.24, 2.45) is 0 Å². The number of aliphatic hydroxyl groups excluding tert-OH is 1. The molecule has 0 radical (unpaired) electrons. The van der Waals surface area contributed by atoms with Crippen LogP contribution >= 0.6 is 11.3 Å². The standard InChI is InChI=1S/C12H12OS/c13-11(12-7-4-8-14-12)9-10-5-2-1-3-6-10/h1-8,11,13H,9H2/t11-/m0/s1. The monoisotopic (exact) mass is 204 g/mol. The minimum Gasteiger partial charge on any atom is -0.387 e. The first-order valence-electron chi connectivity index (χ1n) is 4.61. The average molecular weight is 204 g/mol. The van der Waals surface area contributed by atoms with E-state index in [2.05, 4.69) is 0 Å². The highest BCUT2D eigenvalue weighted by atomic mass is 32.1. The van der Waals surface area contributed by atoms with Gasteiger partial charge in [0.05, 0.1) is 6.10 Å². The molecule has 1 aromatic heterocycles. The molecule has 0 aliphatic heterocycles. The number of aliphatic hydroxyl groups is 1. The summed E-state index contributed by atoms with van der Waals surface area (Å²) < 4.78 is 0. The summed E-state index contributed by atoms with van der Waals surface area (Å²) in [6, 6.07) is 14.0. The van der Waals surface area contributed by atoms with Gasteiger partial charge < -0.3 is 5.11 Å². The molecular weight excluding hydrogens is 192 g/mol. The largest absolute Gasteiger partial charge is 0.387 e. The molecule has 2 rings (SSSR count). The zero-order valence-corrected chi connectivity index (χ0v) is 8.58. The van der Waals surface area contributed by atoms with Crippen molar-refractivity contribution in [3.8, 4) is 0 Å². The highest BCUT2D eigenvalue weighted by Gasteiger charge is 2.08. The number of hydrogen-bond donors (Lipinski definition) is 1. The van der Waals surface area contributed by atoms with Crippen LogP contribution in [0.3, 0.4) is 0 Å². The first-order chi connectivity index (χ1) is 6.86. The van der Waals surface area contributed by atoms with Crippen LogP contribution in [0.1, 0.15) is 16.5 Å². The van der Waals surface area contributed by atoms with Crippen molar-refractivity contribution in [1.82, 2.24) is 0 Å². The Kier molecular flexibility index (Phi) is 2.96. The maximum atomic E-state index is 9.87. The fraction of sp³-hybridized carbons (Fsp3) is 0.167. The molecular formula is C12H12OS. The number of hydrogen-bond acceptors (Lipinski definition) is 2. The van der Waals surface area contributed by atoms with Gasteiger partial charge in [-0.05, 0) is 17.0 Å². The van der Waals surface area contributed by atoms with Crippen LogP contribution in [0.4, 0.5) is 0 Å². The lowest BCUT2D eigenvalue weighted by atomic mass is 10.1. The van der Waals surface area contributed by atoms with E-state index in [1.807, 2.05) is 47.8 Å². The minimum absolute atomic E-state index is 0.364. The van der Waals surface area contributed by atoms with Gasteiger partial charge in [-0.25, -0.2) is 0 Å². The average Bonchev–Trinajstić information content (AvgIpc) is 2.72. The molecule has 14 heavy (non-hydrogen) atoms. The predicted octanol–water partition coefficient (Wildman–Crippen LogP) is 3.02. The number of benzene rings is 1. The molecule has 0 amide bonds. The van der Waals surface area contributed by atoms with Crippen LogP contribution in [0.5, 0.6) is 0 Å². The van der Waals surface area contributed by atoms with Crippen molar-refractivity contribution in [3.05, 3.63) is 58.3 Å². The van der Waals surface area contributed by atoms with Gasteiger partial charge in [-0.3, -0.25) is 0 Å². The van der Waals surface area contributed by atoms with Crippen molar-refractivity contribution in [1.29, 1.82) is 0 Å². The molecule has 0 aliphatic rings. The second-order valence-corrected chi connectivity index (χ2v) is 4.20. The topological polar surface area (TPSA) is 20.2 Å². The van der Waals surface area contributed by atoms with Crippen molar-refractivity contribution < 1.29 is 5.11 Å². The molecule has 0 spiro atoms. The molecule has 72 valence electrons. The van der Waals surface area contributed by atoms with Gasteiger partial charge in [-0.2, -0.15) is 0 Å². The second-order valence-electron chi connectivity index (χ2n) is 3.22. The first-order valence-corrected chi connectivity index (χ1v) is 5.49. The van der Waals surface area contributed by atoms with Crippen LogP contribution in [0.15, 0.2) is 47.8 Å². The van der Waals surface area contributed by atoms with E-state index in [9.17, 15) is 5.11 Å². The third-order valence-corrected chi connectivity index (χ3v) is 3.12. The molecule has 0 unspecified atom stereocenters. The molecule has 1 aromatic carbocycles. The van der Waals surface area contributed by atoms with E-state index in [1.54, 1.807) is 11.3 Å². The third kappa shape index (κ3) is 2.22. The summed E-state index contributed by atoms with van der Waals surface area (Å²) in [6.07, 6.45) is 0.332. The van der Waals surface area contributed by atoms with Crippen molar-refractivity contribution in [2.45, 2.75) is 12.5 Å². The van der Waals surface area contributed by atoms with Gasteiger partial charge >= 0.3 is 0 Å². The van der Waals surface area contributed by atoms with E-state index in [1.165, 1.54) is 5.56 Å². The quantitative estimate of drug-likeness (QED) is 0.814. The molecule has 0 aliphatic carbocycles. The zero-order chi connectivity index (χ0) is 9.80. The molecule has 0 fully saturated rings. The van der Waals surface area contributed by atoms with Gasteiger partial charge in [0.25, 0.3) is 0 Å². The SMILES string of the molecule is O[C@@H](Cc1ccccc1)c1cccs1. The van der Waals surface area contributed by atoms with E-state index < -0.39 is 0 Å². The zero-order valence-electron chi connectivity index (χ0n) is 7.76. The Balaban J connectivity index is 2.06. The van der Waals surface area contributed by atoms with Crippen LogP contribution in [-0.2, 0) is 6.42 Å². The van der Waals surface area contributed by atoms with Crippen molar-refractivity contribution >= 4 is 11.3 Å². The normalized spacial score (nSPS) is 12.6. The molecule has 2 heteroatoms. The smallest absolute Gasteiger partial charge is 0.0922 e. The lowest BCUT2D eigenvalue weighted by molar-refractivity contribution is 0.182.